The number of nitrogens with zero attached hydrogens (tertiary/aromatic N) is 4. The normalized spacial score (nSPS) is 11.3. The Hall–Kier alpha value is -3.91. The average Bonchev–Trinajstić information content (AvgIpc) is 3.46. The highest BCUT2D eigenvalue weighted by molar-refractivity contribution is 6.30. The van der Waals surface area contributed by atoms with Crippen LogP contribution < -0.4 is 0 Å². The lowest BCUT2D eigenvalue weighted by molar-refractivity contribution is 0.0691. The fraction of sp³-hybridized carbons (Fsp3) is 0.0476. The lowest BCUT2D eigenvalue weighted by Crippen LogP contribution is -2.04. The van der Waals surface area contributed by atoms with Crippen LogP contribution in [0.3, 0.4) is 0 Å². The molecule has 8 nitrogen and oxygen atoms in total. The summed E-state index contributed by atoms with van der Waals surface area (Å²) in [7, 11) is 0. The van der Waals surface area contributed by atoms with Crippen molar-refractivity contribution in [3.8, 4) is 28.5 Å². The van der Waals surface area contributed by atoms with Gasteiger partial charge in [-0.3, -0.25) is 0 Å². The zero-order valence-electron chi connectivity index (χ0n) is 15.5. The van der Waals surface area contributed by atoms with Gasteiger partial charge in [0.1, 0.15) is 11.2 Å². The Morgan fingerprint density at radius 2 is 1.97 bits per heavy atom. The van der Waals surface area contributed by atoms with Crippen LogP contribution in [-0.2, 0) is 0 Å². The van der Waals surface area contributed by atoms with Gasteiger partial charge in [-0.2, -0.15) is 0 Å². The van der Waals surface area contributed by atoms with Gasteiger partial charge >= 0.3 is 5.97 Å². The second-order valence-corrected chi connectivity index (χ2v) is 7.09. The van der Waals surface area contributed by atoms with E-state index < -0.39 is 5.97 Å². The van der Waals surface area contributed by atoms with Crippen molar-refractivity contribution in [3.05, 3.63) is 71.1 Å². The van der Waals surface area contributed by atoms with Gasteiger partial charge in [0, 0.05) is 10.6 Å². The summed E-state index contributed by atoms with van der Waals surface area (Å²) >= 11 is 5.99. The molecule has 3 aromatic heterocycles. The standard InChI is InChI=1S/C21H13ClN4O4/c1-11-9-15-14(20(30-24-15)12-4-6-13(22)7-5-12)10-16(11)26-19(17-3-2-8-29-17)18(21(27)28)23-25-26/h2-10H,1H3,(H,27,28). The summed E-state index contributed by atoms with van der Waals surface area (Å²) in [4.78, 5) is 11.7. The van der Waals surface area contributed by atoms with Crippen molar-refractivity contribution in [2.75, 3.05) is 0 Å². The SMILES string of the molecule is Cc1cc2noc(-c3ccc(Cl)cc3)c2cc1-n1nnc(C(=O)O)c1-c1ccco1. The molecule has 30 heavy (non-hydrogen) atoms. The molecule has 3 heterocycles. The first kappa shape index (κ1) is 18.1. The molecule has 5 rings (SSSR count). The minimum absolute atomic E-state index is 0.201. The quantitative estimate of drug-likeness (QED) is 0.436. The predicted octanol–water partition coefficient (Wildman–Crippen LogP) is 5.00. The molecule has 0 bridgehead atoms. The molecule has 5 aromatic rings. The maximum atomic E-state index is 11.7. The molecule has 0 radical (unpaired) electrons. The van der Waals surface area contributed by atoms with Crippen molar-refractivity contribution in [2.45, 2.75) is 6.92 Å². The van der Waals surface area contributed by atoms with Crippen LogP contribution in [-0.4, -0.2) is 31.2 Å². The van der Waals surface area contributed by atoms with E-state index in [0.29, 0.717) is 27.7 Å². The monoisotopic (exact) mass is 420 g/mol. The van der Waals surface area contributed by atoms with E-state index >= 15 is 0 Å². The van der Waals surface area contributed by atoms with Crippen LogP contribution in [0.25, 0.3) is 39.4 Å². The number of carboxylic acid groups (broad SMARTS) is 1. The molecular formula is C21H13ClN4O4. The lowest BCUT2D eigenvalue weighted by atomic mass is 10.1. The summed E-state index contributed by atoms with van der Waals surface area (Å²) in [6.07, 6.45) is 1.47. The Labute approximate surface area is 174 Å². The summed E-state index contributed by atoms with van der Waals surface area (Å²) in [5.41, 5.74) is 2.97. The number of aryl methyl sites for hydroxylation is 1. The molecule has 9 heteroatoms. The van der Waals surface area contributed by atoms with Crippen LogP contribution >= 0.6 is 11.6 Å². The Morgan fingerprint density at radius 1 is 1.17 bits per heavy atom. The van der Waals surface area contributed by atoms with Crippen LogP contribution in [0.2, 0.25) is 5.02 Å². The molecule has 0 aliphatic rings. The minimum atomic E-state index is -1.20. The first-order valence-corrected chi connectivity index (χ1v) is 9.30. The second kappa shape index (κ2) is 6.85. The molecular weight excluding hydrogens is 408 g/mol. The van der Waals surface area contributed by atoms with E-state index in [1.165, 1.54) is 10.9 Å². The van der Waals surface area contributed by atoms with Crippen molar-refractivity contribution >= 4 is 28.5 Å². The maximum absolute atomic E-state index is 11.7. The van der Waals surface area contributed by atoms with Gasteiger partial charge in [-0.1, -0.05) is 22.0 Å². The van der Waals surface area contributed by atoms with Gasteiger partial charge in [-0.15, -0.1) is 5.10 Å². The molecule has 1 N–H and O–H groups in total. The average molecular weight is 421 g/mol. The Morgan fingerprint density at radius 3 is 2.67 bits per heavy atom. The Balaban J connectivity index is 1.74. The summed E-state index contributed by atoms with van der Waals surface area (Å²) < 4.78 is 12.5. The van der Waals surface area contributed by atoms with E-state index in [1.807, 2.05) is 31.2 Å². The van der Waals surface area contributed by atoms with Crippen molar-refractivity contribution in [3.63, 3.8) is 0 Å². The number of rotatable bonds is 4. The minimum Gasteiger partial charge on any atom is -0.476 e. The first-order valence-electron chi connectivity index (χ1n) is 8.92. The molecule has 0 amide bonds. The van der Waals surface area contributed by atoms with Gasteiger partial charge in [-0.05, 0) is 61.0 Å². The highest BCUT2D eigenvalue weighted by Gasteiger charge is 2.25. The number of furan rings is 1. The number of carbonyl (C=O) groups is 1. The van der Waals surface area contributed by atoms with E-state index in [4.69, 9.17) is 20.5 Å². The molecule has 0 aliphatic heterocycles. The van der Waals surface area contributed by atoms with Gasteiger partial charge < -0.3 is 14.0 Å². The van der Waals surface area contributed by atoms with E-state index in [9.17, 15) is 9.90 Å². The molecule has 0 saturated carbocycles. The topological polar surface area (TPSA) is 107 Å². The fourth-order valence-electron chi connectivity index (χ4n) is 3.35. The van der Waals surface area contributed by atoms with Crippen LogP contribution in [0, 0.1) is 6.92 Å². The number of aromatic nitrogens is 4. The van der Waals surface area contributed by atoms with Crippen molar-refractivity contribution in [2.24, 2.45) is 0 Å². The van der Waals surface area contributed by atoms with Gasteiger partial charge in [0.15, 0.2) is 11.5 Å². The molecule has 0 saturated heterocycles. The van der Waals surface area contributed by atoms with Gasteiger partial charge in [-0.25, -0.2) is 9.48 Å². The fourth-order valence-corrected chi connectivity index (χ4v) is 3.48. The number of hydrogen-bond donors (Lipinski definition) is 1. The molecule has 0 unspecified atom stereocenters. The Kier molecular flexibility index (Phi) is 4.14. The number of benzene rings is 2. The van der Waals surface area contributed by atoms with E-state index in [-0.39, 0.29) is 11.4 Å². The summed E-state index contributed by atoms with van der Waals surface area (Å²) in [6, 6.07) is 14.3. The Bertz CT molecular complexity index is 1380. The number of hydrogen-bond acceptors (Lipinski definition) is 6. The molecule has 2 aromatic carbocycles. The van der Waals surface area contributed by atoms with Crippen LogP contribution in [0.1, 0.15) is 16.1 Å². The van der Waals surface area contributed by atoms with Gasteiger partial charge in [0.25, 0.3) is 0 Å². The molecule has 0 aliphatic carbocycles. The number of aromatic carboxylic acids is 1. The highest BCUT2D eigenvalue weighted by Crippen LogP contribution is 2.34. The summed E-state index contributed by atoms with van der Waals surface area (Å²) in [6.45, 7) is 1.87. The van der Waals surface area contributed by atoms with Crippen molar-refractivity contribution < 1.29 is 18.8 Å². The van der Waals surface area contributed by atoms with E-state index in [0.717, 1.165) is 16.5 Å². The van der Waals surface area contributed by atoms with Crippen LogP contribution in [0.5, 0.6) is 0 Å². The second-order valence-electron chi connectivity index (χ2n) is 6.66. The lowest BCUT2D eigenvalue weighted by Gasteiger charge is -2.09. The third-order valence-corrected chi connectivity index (χ3v) is 5.01. The largest absolute Gasteiger partial charge is 0.476 e. The van der Waals surface area contributed by atoms with E-state index in [1.54, 1.807) is 24.3 Å². The first-order chi connectivity index (χ1) is 14.5. The molecule has 0 spiro atoms. The molecule has 148 valence electrons. The number of carboxylic acids is 1. The smallest absolute Gasteiger partial charge is 0.358 e. The molecule has 0 atom stereocenters. The maximum Gasteiger partial charge on any atom is 0.358 e. The zero-order chi connectivity index (χ0) is 20.8. The van der Waals surface area contributed by atoms with Crippen molar-refractivity contribution in [1.82, 2.24) is 20.2 Å². The van der Waals surface area contributed by atoms with E-state index in [2.05, 4.69) is 15.5 Å². The third-order valence-electron chi connectivity index (χ3n) is 4.76. The van der Waals surface area contributed by atoms with Crippen LogP contribution in [0.4, 0.5) is 0 Å². The summed E-state index contributed by atoms with van der Waals surface area (Å²) in [5.74, 6) is -0.278. The number of halogens is 1. The van der Waals surface area contributed by atoms with Gasteiger partial charge in [0.05, 0.1) is 17.3 Å². The zero-order valence-corrected chi connectivity index (χ0v) is 16.3. The summed E-state index contributed by atoms with van der Waals surface area (Å²) in [5, 5.41) is 23.0. The highest BCUT2D eigenvalue weighted by atomic mass is 35.5. The predicted molar refractivity (Wildman–Crippen MR) is 109 cm³/mol. The van der Waals surface area contributed by atoms with Crippen molar-refractivity contribution in [1.29, 1.82) is 0 Å². The van der Waals surface area contributed by atoms with Crippen LogP contribution in [0.15, 0.2) is 63.7 Å². The molecule has 0 fully saturated rings. The van der Waals surface area contributed by atoms with Gasteiger partial charge in [0.2, 0.25) is 5.69 Å². The number of fused-ring (bicyclic) bond motifs is 1. The third kappa shape index (κ3) is 2.85.